The highest BCUT2D eigenvalue weighted by Crippen LogP contribution is 2.19. The number of rotatable bonds is 8. The highest BCUT2D eigenvalue weighted by molar-refractivity contribution is 6.01. The minimum atomic E-state index is -1.23. The normalized spacial score (nSPS) is 18.3. The van der Waals surface area contributed by atoms with Gasteiger partial charge in [-0.2, -0.15) is 0 Å². The number of phenolic OH excluding ortho intramolecular Hbond substituents is 1. The Morgan fingerprint density at radius 2 is 1.63 bits per heavy atom. The van der Waals surface area contributed by atoms with E-state index >= 15 is 0 Å². The molecule has 1 heterocycles. The summed E-state index contributed by atoms with van der Waals surface area (Å²) in [6.45, 7) is 1.47. The van der Waals surface area contributed by atoms with Crippen LogP contribution in [0.3, 0.4) is 0 Å². The van der Waals surface area contributed by atoms with Gasteiger partial charge >= 0.3 is 0 Å². The van der Waals surface area contributed by atoms with Gasteiger partial charge < -0.3 is 35.8 Å². The van der Waals surface area contributed by atoms with Crippen molar-refractivity contribution in [3.8, 4) is 17.2 Å². The van der Waals surface area contributed by atoms with Crippen molar-refractivity contribution in [2.45, 2.75) is 57.0 Å². The molecule has 0 radical (unpaired) electrons. The summed E-state index contributed by atoms with van der Waals surface area (Å²) in [7, 11) is 0. The molecule has 3 aromatic carbocycles. The van der Waals surface area contributed by atoms with Crippen LogP contribution in [-0.2, 0) is 20.8 Å². The Balaban J connectivity index is 1.48. The van der Waals surface area contributed by atoms with E-state index in [4.69, 9.17) is 9.47 Å². The summed E-state index contributed by atoms with van der Waals surface area (Å²) in [5.74, 6) is -0.853. The number of benzene rings is 3. The molecular weight excluding hydrogens is 588 g/mol. The Labute approximate surface area is 269 Å². The van der Waals surface area contributed by atoms with Crippen LogP contribution in [0.25, 0.3) is 0 Å². The molecule has 0 saturated carbocycles. The van der Waals surface area contributed by atoms with Crippen molar-refractivity contribution in [2.24, 2.45) is 0 Å². The predicted molar refractivity (Wildman–Crippen MR) is 173 cm³/mol. The molecule has 5 N–H and O–H groups in total. The number of amides is 4. The van der Waals surface area contributed by atoms with E-state index in [9.17, 15) is 24.3 Å². The number of nitrogens with one attached hydrogen (secondary N) is 4. The quantitative estimate of drug-likeness (QED) is 0.239. The number of phenols is 1. The van der Waals surface area contributed by atoms with Crippen molar-refractivity contribution in [3.05, 3.63) is 90.0 Å². The van der Waals surface area contributed by atoms with Gasteiger partial charge in [0.1, 0.15) is 29.3 Å². The second kappa shape index (κ2) is 18.0. The lowest BCUT2D eigenvalue weighted by atomic mass is 10.0. The van der Waals surface area contributed by atoms with E-state index in [-0.39, 0.29) is 30.2 Å². The standard InChI is InChI=1S/C35H42N4O7/c40-26-17-15-25(16-18-26)23-29-34(43)36-19-8-1-2-9-21-46-31-14-7-6-13-28(31)33(42)39-30(24-32(41)38-29)35(44)37-20-10-22-45-27-11-4-3-5-12-27/h3-7,11-18,29-30,40H,1-2,8-10,19-24H2,(H,36,43)(H,37,44)(H,38,41)(H,39,42)/t29-,30-/m0/s1. The summed E-state index contributed by atoms with van der Waals surface area (Å²) in [4.78, 5) is 53.3. The molecule has 0 aliphatic carbocycles. The van der Waals surface area contributed by atoms with Crippen LogP contribution in [0.1, 0.15) is 54.4 Å². The number of carbonyl (C=O) groups excluding carboxylic acids is 4. The van der Waals surface area contributed by atoms with Gasteiger partial charge in [0.25, 0.3) is 5.91 Å². The lowest BCUT2D eigenvalue weighted by molar-refractivity contribution is -0.131. The molecule has 0 fully saturated rings. The molecule has 0 aromatic heterocycles. The first-order valence-electron chi connectivity index (χ1n) is 15.7. The number of carbonyl (C=O) groups is 4. The van der Waals surface area contributed by atoms with E-state index in [0.717, 1.165) is 31.2 Å². The van der Waals surface area contributed by atoms with Gasteiger partial charge in [0, 0.05) is 19.5 Å². The van der Waals surface area contributed by atoms with Crippen molar-refractivity contribution in [1.29, 1.82) is 0 Å². The highest BCUT2D eigenvalue weighted by atomic mass is 16.5. The second-order valence-corrected chi connectivity index (χ2v) is 11.1. The fourth-order valence-corrected chi connectivity index (χ4v) is 4.95. The van der Waals surface area contributed by atoms with E-state index in [1.807, 2.05) is 30.3 Å². The third-order valence-electron chi connectivity index (χ3n) is 7.43. The minimum Gasteiger partial charge on any atom is -0.508 e. The number of ether oxygens (including phenoxy) is 2. The van der Waals surface area contributed by atoms with Gasteiger partial charge in [-0.15, -0.1) is 0 Å². The monoisotopic (exact) mass is 630 g/mol. The zero-order valence-electron chi connectivity index (χ0n) is 25.8. The fourth-order valence-electron chi connectivity index (χ4n) is 4.95. The molecule has 0 spiro atoms. The molecule has 0 unspecified atom stereocenters. The van der Waals surface area contributed by atoms with Crippen LogP contribution in [0.4, 0.5) is 0 Å². The first-order valence-corrected chi connectivity index (χ1v) is 15.7. The molecule has 11 heteroatoms. The first kappa shape index (κ1) is 33.8. The molecule has 0 bridgehead atoms. The van der Waals surface area contributed by atoms with Gasteiger partial charge in [0.05, 0.1) is 25.2 Å². The van der Waals surface area contributed by atoms with E-state index < -0.39 is 36.2 Å². The first-order chi connectivity index (χ1) is 22.4. The van der Waals surface area contributed by atoms with E-state index in [0.29, 0.717) is 37.7 Å². The molecule has 244 valence electrons. The van der Waals surface area contributed by atoms with Crippen LogP contribution < -0.4 is 30.7 Å². The van der Waals surface area contributed by atoms with Gasteiger partial charge in [-0.05, 0) is 61.2 Å². The molecule has 3 aromatic rings. The zero-order valence-corrected chi connectivity index (χ0v) is 25.8. The molecular formula is C35H42N4O7. The van der Waals surface area contributed by atoms with Crippen molar-refractivity contribution < 1.29 is 33.8 Å². The minimum absolute atomic E-state index is 0.0881. The summed E-state index contributed by atoms with van der Waals surface area (Å²) < 4.78 is 11.6. The fraction of sp³-hybridized carbons (Fsp3) is 0.371. The van der Waals surface area contributed by atoms with Gasteiger partial charge in [0.2, 0.25) is 17.7 Å². The predicted octanol–water partition coefficient (Wildman–Crippen LogP) is 3.26. The highest BCUT2D eigenvalue weighted by Gasteiger charge is 2.28. The molecule has 11 nitrogen and oxygen atoms in total. The number of fused-ring (bicyclic) bond motifs is 1. The van der Waals surface area contributed by atoms with Crippen LogP contribution in [-0.4, -0.2) is 67.1 Å². The summed E-state index contributed by atoms with van der Waals surface area (Å²) in [6, 6.07) is 20.3. The molecule has 1 aliphatic heterocycles. The third kappa shape index (κ3) is 11.1. The number of hydrogen-bond acceptors (Lipinski definition) is 7. The molecule has 1 aliphatic rings. The summed E-state index contributed by atoms with van der Waals surface area (Å²) >= 11 is 0. The Kier molecular flexibility index (Phi) is 13.3. The maximum atomic E-state index is 13.4. The average molecular weight is 631 g/mol. The Morgan fingerprint density at radius 1 is 0.891 bits per heavy atom. The van der Waals surface area contributed by atoms with Gasteiger partial charge in [-0.1, -0.05) is 55.3 Å². The van der Waals surface area contributed by atoms with Crippen LogP contribution in [0.2, 0.25) is 0 Å². The van der Waals surface area contributed by atoms with E-state index in [2.05, 4.69) is 21.3 Å². The van der Waals surface area contributed by atoms with Crippen molar-refractivity contribution in [3.63, 3.8) is 0 Å². The zero-order chi connectivity index (χ0) is 32.6. The van der Waals surface area contributed by atoms with E-state index in [1.165, 1.54) is 12.1 Å². The van der Waals surface area contributed by atoms with Crippen LogP contribution in [0, 0.1) is 0 Å². The number of aromatic hydroxyl groups is 1. The Bertz CT molecular complexity index is 1430. The maximum absolute atomic E-state index is 13.4. The molecule has 0 saturated heterocycles. The van der Waals surface area contributed by atoms with Crippen LogP contribution in [0.15, 0.2) is 78.9 Å². The number of para-hydroxylation sites is 2. The average Bonchev–Trinajstić information content (AvgIpc) is 3.06. The summed E-state index contributed by atoms with van der Waals surface area (Å²) in [6.07, 6.45) is 3.53. The molecule has 4 amide bonds. The Morgan fingerprint density at radius 3 is 2.43 bits per heavy atom. The second-order valence-electron chi connectivity index (χ2n) is 11.1. The molecule has 2 atom stereocenters. The van der Waals surface area contributed by atoms with Gasteiger partial charge in [0.15, 0.2) is 0 Å². The van der Waals surface area contributed by atoms with Crippen molar-refractivity contribution >= 4 is 23.6 Å². The smallest absolute Gasteiger partial charge is 0.255 e. The van der Waals surface area contributed by atoms with Crippen LogP contribution in [0.5, 0.6) is 17.2 Å². The van der Waals surface area contributed by atoms with Gasteiger partial charge in [-0.3, -0.25) is 19.2 Å². The summed E-state index contributed by atoms with van der Waals surface area (Å²) in [5, 5.41) is 20.8. The topological polar surface area (TPSA) is 155 Å². The maximum Gasteiger partial charge on any atom is 0.255 e. The largest absolute Gasteiger partial charge is 0.508 e. The SMILES string of the molecule is O=C1C[C@@H](C(=O)NCCCOc2ccccc2)NC(=O)c2ccccc2OCCCCCCNC(=O)[C@H](Cc2ccc(O)cc2)N1. The number of hydrogen-bond donors (Lipinski definition) is 5. The van der Waals surface area contributed by atoms with Gasteiger partial charge in [-0.25, -0.2) is 0 Å². The third-order valence-corrected chi connectivity index (χ3v) is 7.43. The van der Waals surface area contributed by atoms with Crippen LogP contribution >= 0.6 is 0 Å². The van der Waals surface area contributed by atoms with Crippen molar-refractivity contribution in [2.75, 3.05) is 26.3 Å². The molecule has 46 heavy (non-hydrogen) atoms. The lowest BCUT2D eigenvalue weighted by Gasteiger charge is -2.22. The van der Waals surface area contributed by atoms with Crippen molar-refractivity contribution in [1.82, 2.24) is 21.3 Å². The Hall–Kier alpha value is -5.06. The molecule has 4 rings (SSSR count). The lowest BCUT2D eigenvalue weighted by Crippen LogP contribution is -2.52. The summed E-state index contributed by atoms with van der Waals surface area (Å²) in [5.41, 5.74) is 0.986. The van der Waals surface area contributed by atoms with E-state index in [1.54, 1.807) is 36.4 Å².